The van der Waals surface area contributed by atoms with Gasteiger partial charge in [-0.25, -0.2) is 0 Å². The Morgan fingerprint density at radius 1 is 1.12 bits per heavy atom. The third-order valence-corrected chi connectivity index (χ3v) is 3.76. The molecule has 0 saturated carbocycles. The van der Waals surface area contributed by atoms with Crippen LogP contribution in [0.25, 0.3) is 0 Å². The zero-order chi connectivity index (χ0) is 19.1. The second kappa shape index (κ2) is 8.89. The molecule has 2 aromatic rings. The van der Waals surface area contributed by atoms with Crippen molar-refractivity contribution in [2.24, 2.45) is 0 Å². The Kier molecular flexibility index (Phi) is 6.60. The summed E-state index contributed by atoms with van der Waals surface area (Å²) in [5, 5.41) is 2.74. The SMILES string of the molecule is COc1cccc(NC(=O)CN(C)C(=O)[C@H](C)Oc2cccc(C)c2)c1. The molecule has 0 aromatic heterocycles. The fourth-order valence-corrected chi connectivity index (χ4v) is 2.45. The fraction of sp³-hybridized carbons (Fsp3) is 0.300. The van der Waals surface area contributed by atoms with Crippen LogP contribution in [0, 0.1) is 6.92 Å². The van der Waals surface area contributed by atoms with E-state index in [1.807, 2.05) is 25.1 Å². The highest BCUT2D eigenvalue weighted by atomic mass is 16.5. The van der Waals surface area contributed by atoms with Crippen molar-refractivity contribution in [1.82, 2.24) is 4.90 Å². The first-order valence-electron chi connectivity index (χ1n) is 8.31. The average Bonchev–Trinajstić information content (AvgIpc) is 2.61. The summed E-state index contributed by atoms with van der Waals surface area (Å²) in [7, 11) is 3.13. The number of benzene rings is 2. The summed E-state index contributed by atoms with van der Waals surface area (Å²) < 4.78 is 10.8. The van der Waals surface area contributed by atoms with Crippen molar-refractivity contribution in [2.45, 2.75) is 20.0 Å². The molecule has 0 radical (unpaired) electrons. The first kappa shape index (κ1) is 19.3. The van der Waals surface area contributed by atoms with Gasteiger partial charge in [-0.15, -0.1) is 0 Å². The van der Waals surface area contributed by atoms with Gasteiger partial charge in [-0.2, -0.15) is 0 Å². The van der Waals surface area contributed by atoms with Crippen LogP contribution in [0.15, 0.2) is 48.5 Å². The molecule has 0 saturated heterocycles. The fourth-order valence-electron chi connectivity index (χ4n) is 2.45. The number of hydrogen-bond acceptors (Lipinski definition) is 4. The molecular weight excluding hydrogens is 332 g/mol. The highest BCUT2D eigenvalue weighted by molar-refractivity contribution is 5.95. The van der Waals surface area contributed by atoms with Crippen LogP contribution in [-0.4, -0.2) is 43.5 Å². The zero-order valence-electron chi connectivity index (χ0n) is 15.5. The summed E-state index contributed by atoms with van der Waals surface area (Å²) in [6.07, 6.45) is -0.689. The smallest absolute Gasteiger partial charge is 0.263 e. The molecule has 6 heteroatoms. The van der Waals surface area contributed by atoms with Crippen LogP contribution in [0.2, 0.25) is 0 Å². The van der Waals surface area contributed by atoms with E-state index in [0.717, 1.165) is 5.56 Å². The number of likely N-dealkylation sites (N-methyl/N-ethyl adjacent to an activating group) is 1. The number of anilines is 1. The minimum absolute atomic E-state index is 0.0719. The number of aryl methyl sites for hydroxylation is 1. The Labute approximate surface area is 153 Å². The molecule has 1 N–H and O–H groups in total. The molecule has 0 aliphatic heterocycles. The monoisotopic (exact) mass is 356 g/mol. The van der Waals surface area contributed by atoms with Crippen molar-refractivity contribution >= 4 is 17.5 Å². The van der Waals surface area contributed by atoms with Crippen molar-refractivity contribution in [3.8, 4) is 11.5 Å². The highest BCUT2D eigenvalue weighted by Crippen LogP contribution is 2.17. The molecule has 6 nitrogen and oxygen atoms in total. The lowest BCUT2D eigenvalue weighted by Gasteiger charge is -2.22. The van der Waals surface area contributed by atoms with E-state index in [-0.39, 0.29) is 18.4 Å². The largest absolute Gasteiger partial charge is 0.497 e. The van der Waals surface area contributed by atoms with Crippen LogP contribution >= 0.6 is 0 Å². The van der Waals surface area contributed by atoms with Gasteiger partial charge in [0.15, 0.2) is 6.10 Å². The third-order valence-electron chi connectivity index (χ3n) is 3.76. The molecule has 0 fully saturated rings. The van der Waals surface area contributed by atoms with Crippen LogP contribution in [0.4, 0.5) is 5.69 Å². The molecule has 0 aliphatic carbocycles. The standard InChI is InChI=1S/C20H24N2O4/c1-14-7-5-10-18(11-14)26-15(2)20(24)22(3)13-19(23)21-16-8-6-9-17(12-16)25-4/h5-12,15H,13H2,1-4H3,(H,21,23)/t15-/m0/s1. The lowest BCUT2D eigenvalue weighted by atomic mass is 10.2. The molecule has 2 aromatic carbocycles. The van der Waals surface area contributed by atoms with Crippen molar-refractivity contribution < 1.29 is 19.1 Å². The molecule has 2 amide bonds. The summed E-state index contributed by atoms with van der Waals surface area (Å²) in [5.41, 5.74) is 1.66. The summed E-state index contributed by atoms with van der Waals surface area (Å²) in [6.45, 7) is 3.55. The first-order valence-corrected chi connectivity index (χ1v) is 8.31. The number of amides is 2. The Balaban J connectivity index is 1.89. The lowest BCUT2D eigenvalue weighted by molar-refractivity contribution is -0.139. The Bertz CT molecular complexity index is 776. The molecule has 1 atom stereocenters. The number of nitrogens with zero attached hydrogens (tertiary/aromatic N) is 1. The van der Waals surface area contributed by atoms with Crippen LogP contribution < -0.4 is 14.8 Å². The molecule has 0 heterocycles. The van der Waals surface area contributed by atoms with E-state index in [1.165, 1.54) is 4.90 Å². The Hall–Kier alpha value is -3.02. The number of rotatable bonds is 7. The minimum Gasteiger partial charge on any atom is -0.497 e. The maximum Gasteiger partial charge on any atom is 0.263 e. The topological polar surface area (TPSA) is 67.9 Å². The van der Waals surface area contributed by atoms with Gasteiger partial charge < -0.3 is 19.7 Å². The predicted octanol–water partition coefficient (Wildman–Crippen LogP) is 2.87. The number of carbonyl (C=O) groups is 2. The van der Waals surface area contributed by atoms with Crippen LogP contribution in [0.1, 0.15) is 12.5 Å². The molecular formula is C20H24N2O4. The molecule has 0 unspecified atom stereocenters. The van der Waals surface area contributed by atoms with E-state index in [9.17, 15) is 9.59 Å². The first-order chi connectivity index (χ1) is 12.4. The van der Waals surface area contributed by atoms with Gasteiger partial charge in [0.25, 0.3) is 5.91 Å². The second-order valence-corrected chi connectivity index (χ2v) is 6.05. The summed E-state index contributed by atoms with van der Waals surface area (Å²) in [4.78, 5) is 25.9. The third kappa shape index (κ3) is 5.51. The molecule has 0 spiro atoms. The van der Waals surface area contributed by atoms with Gasteiger partial charge in [0, 0.05) is 18.8 Å². The van der Waals surface area contributed by atoms with E-state index in [2.05, 4.69) is 5.32 Å². The maximum absolute atomic E-state index is 12.4. The van der Waals surface area contributed by atoms with Gasteiger partial charge in [0.05, 0.1) is 13.7 Å². The van der Waals surface area contributed by atoms with E-state index < -0.39 is 6.10 Å². The predicted molar refractivity (Wildman–Crippen MR) is 101 cm³/mol. The molecule has 26 heavy (non-hydrogen) atoms. The second-order valence-electron chi connectivity index (χ2n) is 6.05. The van der Waals surface area contributed by atoms with Crippen molar-refractivity contribution in [1.29, 1.82) is 0 Å². The Morgan fingerprint density at radius 3 is 2.50 bits per heavy atom. The van der Waals surface area contributed by atoms with Gasteiger partial charge >= 0.3 is 0 Å². The number of ether oxygens (including phenoxy) is 2. The average molecular weight is 356 g/mol. The van der Waals surface area contributed by atoms with Crippen molar-refractivity contribution in [3.63, 3.8) is 0 Å². The van der Waals surface area contributed by atoms with E-state index >= 15 is 0 Å². The van der Waals surface area contributed by atoms with Crippen LogP contribution in [0.3, 0.4) is 0 Å². The minimum atomic E-state index is -0.689. The highest BCUT2D eigenvalue weighted by Gasteiger charge is 2.21. The van der Waals surface area contributed by atoms with E-state index in [4.69, 9.17) is 9.47 Å². The van der Waals surface area contributed by atoms with Crippen molar-refractivity contribution in [2.75, 3.05) is 26.0 Å². The number of hydrogen-bond donors (Lipinski definition) is 1. The molecule has 2 rings (SSSR count). The van der Waals surface area contributed by atoms with Crippen LogP contribution in [-0.2, 0) is 9.59 Å². The summed E-state index contributed by atoms with van der Waals surface area (Å²) >= 11 is 0. The molecule has 138 valence electrons. The molecule has 0 bridgehead atoms. The van der Waals surface area contributed by atoms with Crippen molar-refractivity contribution in [3.05, 3.63) is 54.1 Å². The maximum atomic E-state index is 12.4. The van der Waals surface area contributed by atoms with Gasteiger partial charge in [0.2, 0.25) is 5.91 Å². The number of carbonyl (C=O) groups excluding carboxylic acids is 2. The Morgan fingerprint density at radius 2 is 1.81 bits per heavy atom. The van der Waals surface area contributed by atoms with Gasteiger partial charge in [-0.3, -0.25) is 9.59 Å². The number of nitrogens with one attached hydrogen (secondary N) is 1. The van der Waals surface area contributed by atoms with Crippen LogP contribution in [0.5, 0.6) is 11.5 Å². The van der Waals surface area contributed by atoms with Gasteiger partial charge in [-0.05, 0) is 43.7 Å². The number of methoxy groups -OCH3 is 1. The normalized spacial score (nSPS) is 11.4. The quantitative estimate of drug-likeness (QED) is 0.828. The summed E-state index contributed by atoms with van der Waals surface area (Å²) in [6, 6.07) is 14.5. The zero-order valence-corrected chi connectivity index (χ0v) is 15.5. The summed E-state index contributed by atoms with van der Waals surface area (Å²) in [5.74, 6) is 0.705. The van der Waals surface area contributed by atoms with E-state index in [1.54, 1.807) is 51.4 Å². The lowest BCUT2D eigenvalue weighted by Crippen LogP contribution is -2.42. The molecule has 0 aliphatic rings. The van der Waals surface area contributed by atoms with E-state index in [0.29, 0.717) is 17.2 Å². The van der Waals surface area contributed by atoms with Gasteiger partial charge in [-0.1, -0.05) is 18.2 Å². The van der Waals surface area contributed by atoms with Gasteiger partial charge in [0.1, 0.15) is 11.5 Å².